The molecule has 2 aliphatic carbocycles. The van der Waals surface area contributed by atoms with Gasteiger partial charge in [-0.25, -0.2) is 0 Å². The molecule has 1 heteroatoms. The summed E-state index contributed by atoms with van der Waals surface area (Å²) >= 11 is 0. The van der Waals surface area contributed by atoms with Gasteiger partial charge in [-0.1, -0.05) is 36.6 Å². The van der Waals surface area contributed by atoms with E-state index < -0.39 is 6.85 Å². The minimum absolute atomic E-state index is 0.254. The van der Waals surface area contributed by atoms with Crippen LogP contribution in [-0.4, -0.2) is 24.5 Å². The molecule has 0 spiro atoms. The van der Waals surface area contributed by atoms with Gasteiger partial charge in [0.2, 0.25) is 0 Å². The quantitative estimate of drug-likeness (QED) is 0.686. The number of piperidine rings is 1. The van der Waals surface area contributed by atoms with Crippen molar-refractivity contribution in [2.45, 2.75) is 56.8 Å². The van der Waals surface area contributed by atoms with Crippen molar-refractivity contribution in [2.75, 3.05) is 13.6 Å². The molecule has 0 amide bonds. The number of likely N-dealkylation sites (N-methyl/N-ethyl adjacent to an activating group) is 1. The van der Waals surface area contributed by atoms with Crippen LogP contribution in [0.3, 0.4) is 0 Å². The number of nitrogens with zero attached hydrogens (tertiary/aromatic N) is 1. The molecule has 1 saturated carbocycles. The van der Waals surface area contributed by atoms with Gasteiger partial charge < -0.3 is 4.90 Å². The Morgan fingerprint density at radius 3 is 3.16 bits per heavy atom. The minimum atomic E-state index is -1.99. The van der Waals surface area contributed by atoms with E-state index in [9.17, 15) is 0 Å². The van der Waals surface area contributed by atoms with Gasteiger partial charge in [-0.2, -0.15) is 0 Å². The van der Waals surface area contributed by atoms with E-state index in [1.54, 1.807) is 0 Å². The summed E-state index contributed by atoms with van der Waals surface area (Å²) < 4.78 is 23.3. The Kier molecular flexibility index (Phi) is 1.97. The SMILES string of the molecule is [2H]C([2H])([2H])c1ccc2c(c1)C13CCCC[C@@H]1[C@H](C2)N(C)CC3. The van der Waals surface area contributed by atoms with Crippen LogP contribution in [0.4, 0.5) is 0 Å². The molecule has 1 aliphatic heterocycles. The number of hydrogen-bond acceptors (Lipinski definition) is 1. The largest absolute Gasteiger partial charge is 0.303 e. The van der Waals surface area contributed by atoms with Crippen LogP contribution in [0.15, 0.2) is 18.2 Å². The van der Waals surface area contributed by atoms with Crippen LogP contribution < -0.4 is 0 Å². The Bertz CT molecular complexity index is 594. The van der Waals surface area contributed by atoms with Gasteiger partial charge in [0.05, 0.1) is 0 Å². The lowest BCUT2D eigenvalue weighted by Gasteiger charge is -2.58. The number of benzene rings is 1. The number of likely N-dealkylation sites (tertiary alicyclic amines) is 1. The molecule has 1 aromatic carbocycles. The lowest BCUT2D eigenvalue weighted by atomic mass is 9.52. The average Bonchev–Trinajstić information content (AvgIpc) is 2.49. The zero-order chi connectivity index (χ0) is 15.5. The van der Waals surface area contributed by atoms with E-state index in [4.69, 9.17) is 4.11 Å². The third kappa shape index (κ3) is 1.57. The summed E-state index contributed by atoms with van der Waals surface area (Å²) in [7, 11) is 2.27. The first-order chi connectivity index (χ1) is 10.4. The van der Waals surface area contributed by atoms with Gasteiger partial charge in [-0.05, 0) is 63.2 Å². The van der Waals surface area contributed by atoms with Crippen LogP contribution in [0.1, 0.15) is 52.9 Å². The molecule has 0 radical (unpaired) electrons. The summed E-state index contributed by atoms with van der Waals surface area (Å²) in [5.74, 6) is 0.722. The van der Waals surface area contributed by atoms with E-state index in [2.05, 4.69) is 18.0 Å². The van der Waals surface area contributed by atoms with Gasteiger partial charge in [0.25, 0.3) is 0 Å². The van der Waals surface area contributed by atoms with E-state index in [0.717, 1.165) is 18.9 Å². The smallest absolute Gasteiger partial charge is 0.0280 e. The fourth-order valence-corrected chi connectivity index (χ4v) is 5.20. The first kappa shape index (κ1) is 9.18. The number of aryl methyl sites for hydroxylation is 1. The molecule has 1 aromatic rings. The van der Waals surface area contributed by atoms with Crippen molar-refractivity contribution >= 4 is 0 Å². The van der Waals surface area contributed by atoms with Gasteiger partial charge in [0.1, 0.15) is 0 Å². The molecular weight excluding hydrogens is 230 g/mol. The Hall–Kier alpha value is -0.820. The monoisotopic (exact) mass is 258 g/mol. The van der Waals surface area contributed by atoms with Crippen LogP contribution in [0.25, 0.3) is 0 Å². The van der Waals surface area contributed by atoms with Gasteiger partial charge in [0.15, 0.2) is 0 Å². The topological polar surface area (TPSA) is 3.24 Å². The van der Waals surface area contributed by atoms with Gasteiger partial charge in [-0.15, -0.1) is 0 Å². The molecule has 3 atom stereocenters. The first-order valence-electron chi connectivity index (χ1n) is 9.26. The fraction of sp³-hybridized carbons (Fsp3) is 0.667. The maximum atomic E-state index is 7.75. The molecule has 3 aliphatic rings. The van der Waals surface area contributed by atoms with E-state index in [1.165, 1.54) is 43.2 Å². The van der Waals surface area contributed by atoms with E-state index in [-0.39, 0.29) is 5.41 Å². The first-order valence-corrected chi connectivity index (χ1v) is 7.76. The average molecular weight is 258 g/mol. The van der Waals surface area contributed by atoms with Crippen LogP contribution in [0, 0.1) is 12.8 Å². The second-order valence-electron chi connectivity index (χ2n) is 6.88. The fourth-order valence-electron chi connectivity index (χ4n) is 5.20. The molecule has 0 aromatic heterocycles. The highest BCUT2D eigenvalue weighted by molar-refractivity contribution is 5.43. The molecule has 1 unspecified atom stereocenters. The van der Waals surface area contributed by atoms with Crippen molar-refractivity contribution < 1.29 is 4.11 Å². The number of hydrogen-bond donors (Lipinski definition) is 0. The molecule has 0 N–H and O–H groups in total. The van der Waals surface area contributed by atoms with Crippen molar-refractivity contribution in [1.29, 1.82) is 0 Å². The summed E-state index contributed by atoms with van der Waals surface area (Å²) in [6.07, 6.45) is 7.49. The second kappa shape index (κ2) is 4.09. The van der Waals surface area contributed by atoms with E-state index in [0.29, 0.717) is 11.6 Å². The van der Waals surface area contributed by atoms with Gasteiger partial charge >= 0.3 is 0 Å². The molecule has 2 fully saturated rings. The standard InChI is InChI=1S/C18H25N/c1-13-6-7-14-12-17-15-5-3-4-8-18(15,16(14)11-13)9-10-19(17)2/h6-7,11,15,17H,3-5,8-10,12H2,1-2H3/t15-,17+,18?/m1/s1/i1D3. The third-order valence-corrected chi connectivity index (χ3v) is 6.11. The summed E-state index contributed by atoms with van der Waals surface area (Å²) in [6.45, 7) is -0.837. The van der Waals surface area contributed by atoms with Crippen molar-refractivity contribution in [3.63, 3.8) is 0 Å². The summed E-state index contributed by atoms with van der Waals surface area (Å²) in [6, 6.07) is 6.64. The Labute approximate surface area is 121 Å². The summed E-state index contributed by atoms with van der Waals surface area (Å²) in [5.41, 5.74) is 3.57. The highest BCUT2D eigenvalue weighted by atomic mass is 15.1. The lowest BCUT2D eigenvalue weighted by molar-refractivity contribution is 0.00283. The number of rotatable bonds is 0. The Balaban J connectivity index is 1.87. The predicted octanol–water partition coefficient (Wildman–Crippen LogP) is 3.68. The van der Waals surface area contributed by atoms with Crippen molar-refractivity contribution in [3.8, 4) is 0 Å². The molecule has 1 nitrogen and oxygen atoms in total. The van der Waals surface area contributed by atoms with Gasteiger partial charge in [-0.3, -0.25) is 0 Å². The molecular formula is C18H25N. The van der Waals surface area contributed by atoms with E-state index >= 15 is 0 Å². The van der Waals surface area contributed by atoms with Crippen LogP contribution in [0.2, 0.25) is 0 Å². The normalized spacial score (nSPS) is 40.6. The van der Waals surface area contributed by atoms with Crippen molar-refractivity contribution in [3.05, 3.63) is 34.9 Å². The predicted molar refractivity (Wildman–Crippen MR) is 79.6 cm³/mol. The van der Waals surface area contributed by atoms with E-state index in [1.807, 2.05) is 12.1 Å². The molecule has 1 heterocycles. The second-order valence-corrected chi connectivity index (χ2v) is 6.88. The maximum Gasteiger partial charge on any atom is 0.0280 e. The van der Waals surface area contributed by atoms with Crippen molar-refractivity contribution in [1.82, 2.24) is 4.90 Å². The molecule has 1 saturated heterocycles. The Morgan fingerprint density at radius 2 is 2.26 bits per heavy atom. The zero-order valence-electron chi connectivity index (χ0n) is 14.8. The summed E-state index contributed by atoms with van der Waals surface area (Å²) in [4.78, 5) is 2.55. The highest BCUT2D eigenvalue weighted by Gasteiger charge is 2.52. The number of fused-ring (bicyclic) bond motifs is 1. The van der Waals surface area contributed by atoms with Crippen LogP contribution in [0.5, 0.6) is 0 Å². The molecule has 19 heavy (non-hydrogen) atoms. The van der Waals surface area contributed by atoms with Crippen LogP contribution in [-0.2, 0) is 11.8 Å². The summed E-state index contributed by atoms with van der Waals surface area (Å²) in [5, 5.41) is 0. The zero-order valence-corrected chi connectivity index (χ0v) is 11.8. The molecule has 4 rings (SSSR count). The third-order valence-electron chi connectivity index (χ3n) is 6.11. The highest BCUT2D eigenvalue weighted by Crippen LogP contribution is 2.55. The van der Waals surface area contributed by atoms with Crippen molar-refractivity contribution in [2.24, 2.45) is 5.92 Å². The van der Waals surface area contributed by atoms with Crippen LogP contribution >= 0.6 is 0 Å². The Morgan fingerprint density at radius 1 is 1.32 bits per heavy atom. The molecule has 2 bridgehead atoms. The lowest BCUT2D eigenvalue weighted by Crippen LogP contribution is -2.59. The maximum absolute atomic E-state index is 7.75. The van der Waals surface area contributed by atoms with Gasteiger partial charge in [0, 0.05) is 15.6 Å². The molecule has 102 valence electrons. The minimum Gasteiger partial charge on any atom is -0.303 e.